The lowest BCUT2D eigenvalue weighted by atomic mass is 10.1. The molecule has 0 radical (unpaired) electrons. The smallest absolute Gasteiger partial charge is 0.224 e. The average molecular weight is 312 g/mol. The van der Waals surface area contributed by atoms with Gasteiger partial charge in [-0.3, -0.25) is 4.79 Å². The molecule has 5 nitrogen and oxygen atoms in total. The van der Waals surface area contributed by atoms with Crippen molar-refractivity contribution in [2.24, 2.45) is 0 Å². The maximum Gasteiger partial charge on any atom is 0.224 e. The Balaban J connectivity index is 1.77. The lowest BCUT2D eigenvalue weighted by molar-refractivity contribution is -0.116. The van der Waals surface area contributed by atoms with Gasteiger partial charge in [0.2, 0.25) is 11.9 Å². The summed E-state index contributed by atoms with van der Waals surface area (Å²) >= 11 is 0. The summed E-state index contributed by atoms with van der Waals surface area (Å²) in [5.41, 5.74) is 4.98. The zero-order chi connectivity index (χ0) is 16.8. The van der Waals surface area contributed by atoms with Crippen LogP contribution in [0.1, 0.15) is 35.4 Å². The van der Waals surface area contributed by atoms with E-state index in [1.54, 1.807) is 0 Å². The van der Waals surface area contributed by atoms with E-state index >= 15 is 0 Å². The molecule has 0 saturated carbocycles. The van der Waals surface area contributed by atoms with E-state index in [0.717, 1.165) is 34.6 Å². The lowest BCUT2D eigenvalue weighted by Crippen LogP contribution is -2.15. The van der Waals surface area contributed by atoms with Crippen LogP contribution in [0.4, 0.5) is 11.6 Å². The highest BCUT2D eigenvalue weighted by Crippen LogP contribution is 2.16. The van der Waals surface area contributed by atoms with Crippen LogP contribution in [0.2, 0.25) is 0 Å². The first-order valence-electron chi connectivity index (χ1n) is 7.87. The van der Waals surface area contributed by atoms with Crippen molar-refractivity contribution in [2.45, 2.75) is 40.5 Å². The van der Waals surface area contributed by atoms with Crippen molar-refractivity contribution in [3.8, 4) is 0 Å². The van der Waals surface area contributed by atoms with Crippen LogP contribution in [-0.4, -0.2) is 22.4 Å². The highest BCUT2D eigenvalue weighted by Gasteiger charge is 2.05. The van der Waals surface area contributed by atoms with Gasteiger partial charge in [-0.25, -0.2) is 9.97 Å². The van der Waals surface area contributed by atoms with Gasteiger partial charge in [0.15, 0.2) is 0 Å². The van der Waals surface area contributed by atoms with Crippen LogP contribution >= 0.6 is 0 Å². The molecule has 122 valence electrons. The van der Waals surface area contributed by atoms with E-state index in [1.165, 1.54) is 0 Å². The largest absolute Gasteiger partial charge is 0.354 e. The minimum atomic E-state index is 0.0295. The van der Waals surface area contributed by atoms with Gasteiger partial charge in [-0.05, 0) is 57.4 Å². The quantitative estimate of drug-likeness (QED) is 0.801. The monoisotopic (exact) mass is 312 g/mol. The van der Waals surface area contributed by atoms with Gasteiger partial charge in [0.1, 0.15) is 0 Å². The molecule has 2 rings (SSSR count). The molecule has 0 aliphatic heterocycles. The molecule has 2 N–H and O–H groups in total. The van der Waals surface area contributed by atoms with Crippen molar-refractivity contribution in [2.75, 3.05) is 17.2 Å². The van der Waals surface area contributed by atoms with Crippen molar-refractivity contribution in [3.05, 3.63) is 46.8 Å². The summed E-state index contributed by atoms with van der Waals surface area (Å²) in [4.78, 5) is 20.7. The molecule has 1 aromatic heterocycles. The molecule has 0 bridgehead atoms. The molecule has 1 aromatic carbocycles. The molecular formula is C18H24N4O. The summed E-state index contributed by atoms with van der Waals surface area (Å²) in [6.07, 6.45) is 1.19. The van der Waals surface area contributed by atoms with Gasteiger partial charge in [-0.15, -0.1) is 0 Å². The fraction of sp³-hybridized carbons (Fsp3) is 0.389. The molecule has 2 aromatic rings. The Bertz CT molecular complexity index is 677. The zero-order valence-electron chi connectivity index (χ0n) is 14.2. The normalized spacial score (nSPS) is 10.4. The molecule has 0 spiro atoms. The molecule has 23 heavy (non-hydrogen) atoms. The van der Waals surface area contributed by atoms with Crippen molar-refractivity contribution >= 4 is 17.5 Å². The van der Waals surface area contributed by atoms with Crippen molar-refractivity contribution in [1.82, 2.24) is 9.97 Å². The van der Waals surface area contributed by atoms with E-state index in [4.69, 9.17) is 0 Å². The summed E-state index contributed by atoms with van der Waals surface area (Å²) in [6, 6.07) is 7.99. The molecule has 1 amide bonds. The van der Waals surface area contributed by atoms with Gasteiger partial charge in [0.25, 0.3) is 0 Å². The van der Waals surface area contributed by atoms with Crippen molar-refractivity contribution in [3.63, 3.8) is 0 Å². The number of anilines is 2. The van der Waals surface area contributed by atoms with Gasteiger partial charge in [-0.1, -0.05) is 12.1 Å². The number of hydrogen-bond acceptors (Lipinski definition) is 4. The fourth-order valence-corrected chi connectivity index (χ4v) is 2.34. The molecule has 5 heteroatoms. The van der Waals surface area contributed by atoms with Crippen LogP contribution in [0.3, 0.4) is 0 Å². The highest BCUT2D eigenvalue weighted by atomic mass is 16.1. The first-order chi connectivity index (χ1) is 10.9. The molecule has 1 heterocycles. The molecule has 0 fully saturated rings. The summed E-state index contributed by atoms with van der Waals surface area (Å²) in [5, 5.41) is 6.13. The molecular weight excluding hydrogens is 288 g/mol. The Kier molecular flexibility index (Phi) is 5.68. The topological polar surface area (TPSA) is 66.9 Å². The Hall–Kier alpha value is -2.43. The molecule has 0 saturated heterocycles. The molecule has 0 aliphatic rings. The van der Waals surface area contributed by atoms with E-state index in [1.807, 2.05) is 52.0 Å². The number of aryl methyl sites for hydroxylation is 4. The SMILES string of the molecule is Cc1ccc(C)c(NC(=O)CCCNc2nc(C)cc(C)n2)c1. The number of carbonyl (C=O) groups excluding carboxylic acids is 1. The van der Waals surface area contributed by atoms with Gasteiger partial charge in [0.05, 0.1) is 0 Å². The minimum absolute atomic E-state index is 0.0295. The summed E-state index contributed by atoms with van der Waals surface area (Å²) in [6.45, 7) is 8.56. The maximum absolute atomic E-state index is 12.0. The van der Waals surface area contributed by atoms with Gasteiger partial charge >= 0.3 is 0 Å². The van der Waals surface area contributed by atoms with Gasteiger partial charge in [0, 0.05) is 30.0 Å². The Labute approximate surface area is 137 Å². The number of rotatable bonds is 6. The first-order valence-corrected chi connectivity index (χ1v) is 7.87. The Morgan fingerprint density at radius 3 is 2.43 bits per heavy atom. The van der Waals surface area contributed by atoms with Crippen LogP contribution in [0.25, 0.3) is 0 Å². The molecule has 0 unspecified atom stereocenters. The average Bonchev–Trinajstić information content (AvgIpc) is 2.46. The number of nitrogens with one attached hydrogen (secondary N) is 2. The second-order valence-corrected chi connectivity index (χ2v) is 5.87. The van der Waals surface area contributed by atoms with E-state index in [-0.39, 0.29) is 5.91 Å². The predicted octanol–water partition coefficient (Wildman–Crippen LogP) is 3.54. The lowest BCUT2D eigenvalue weighted by Gasteiger charge is -2.10. The number of carbonyl (C=O) groups is 1. The summed E-state index contributed by atoms with van der Waals surface area (Å²) in [5.74, 6) is 0.652. The van der Waals surface area contributed by atoms with Crippen LogP contribution in [-0.2, 0) is 4.79 Å². The molecule has 0 atom stereocenters. The second-order valence-electron chi connectivity index (χ2n) is 5.87. The minimum Gasteiger partial charge on any atom is -0.354 e. The third-order valence-corrected chi connectivity index (χ3v) is 3.51. The highest BCUT2D eigenvalue weighted by molar-refractivity contribution is 5.91. The number of aromatic nitrogens is 2. The Morgan fingerprint density at radius 2 is 1.74 bits per heavy atom. The molecule has 0 aliphatic carbocycles. The number of hydrogen-bond donors (Lipinski definition) is 2. The van der Waals surface area contributed by atoms with Crippen LogP contribution < -0.4 is 10.6 Å². The van der Waals surface area contributed by atoms with E-state index in [0.29, 0.717) is 18.9 Å². The second kappa shape index (κ2) is 7.72. The number of nitrogens with zero attached hydrogens (tertiary/aromatic N) is 2. The van der Waals surface area contributed by atoms with E-state index < -0.39 is 0 Å². The first kappa shape index (κ1) is 16.9. The van der Waals surface area contributed by atoms with Crippen LogP contribution in [0.5, 0.6) is 0 Å². The summed E-state index contributed by atoms with van der Waals surface area (Å²) < 4.78 is 0. The van der Waals surface area contributed by atoms with Gasteiger partial charge < -0.3 is 10.6 Å². The third-order valence-electron chi connectivity index (χ3n) is 3.51. The third kappa shape index (κ3) is 5.36. The zero-order valence-corrected chi connectivity index (χ0v) is 14.2. The van der Waals surface area contributed by atoms with E-state index in [2.05, 4.69) is 20.6 Å². The van der Waals surface area contributed by atoms with Crippen molar-refractivity contribution < 1.29 is 4.79 Å². The maximum atomic E-state index is 12.0. The number of benzene rings is 1. The predicted molar refractivity (Wildman–Crippen MR) is 93.8 cm³/mol. The van der Waals surface area contributed by atoms with Crippen LogP contribution in [0, 0.1) is 27.7 Å². The van der Waals surface area contributed by atoms with Crippen molar-refractivity contribution in [1.29, 1.82) is 0 Å². The summed E-state index contributed by atoms with van der Waals surface area (Å²) in [7, 11) is 0. The Morgan fingerprint density at radius 1 is 1.04 bits per heavy atom. The fourth-order valence-electron chi connectivity index (χ4n) is 2.34. The van der Waals surface area contributed by atoms with E-state index in [9.17, 15) is 4.79 Å². The standard InChI is InChI=1S/C18H24N4O/c1-12-7-8-13(2)16(10-12)22-17(23)6-5-9-19-18-20-14(3)11-15(4)21-18/h7-8,10-11H,5-6,9H2,1-4H3,(H,22,23)(H,19,20,21). The number of amides is 1. The van der Waals surface area contributed by atoms with Crippen LogP contribution in [0.15, 0.2) is 24.3 Å². The van der Waals surface area contributed by atoms with Gasteiger partial charge in [-0.2, -0.15) is 0 Å².